The van der Waals surface area contributed by atoms with Crippen molar-refractivity contribution >= 4 is 11.6 Å². The van der Waals surface area contributed by atoms with Gasteiger partial charge in [-0.2, -0.15) is 0 Å². The van der Waals surface area contributed by atoms with Crippen molar-refractivity contribution in [1.29, 1.82) is 0 Å². The normalized spacial score (nSPS) is 10.8. The first kappa shape index (κ1) is 14.3. The van der Waals surface area contributed by atoms with Gasteiger partial charge < -0.3 is 15.4 Å². The monoisotopic (exact) mass is 256 g/mol. The Bertz CT molecular complexity index is 301. The van der Waals surface area contributed by atoms with Gasteiger partial charge in [0.1, 0.15) is 12.4 Å². The highest BCUT2D eigenvalue weighted by molar-refractivity contribution is 6.30. The molecule has 0 aliphatic carbocycles. The number of nitrogens with one attached hydrogen (secondary N) is 2. The second-order valence-electron chi connectivity index (χ2n) is 4.16. The van der Waals surface area contributed by atoms with E-state index in [4.69, 9.17) is 16.3 Å². The molecule has 1 aromatic carbocycles. The highest BCUT2D eigenvalue weighted by Gasteiger charge is 1.94. The third-order valence-electron chi connectivity index (χ3n) is 2.22. The SMILES string of the molecule is CC(C)NCCNCCOc1ccc(Cl)cc1. The van der Waals surface area contributed by atoms with E-state index in [2.05, 4.69) is 24.5 Å². The second kappa shape index (κ2) is 8.34. The fourth-order valence-electron chi connectivity index (χ4n) is 1.35. The van der Waals surface area contributed by atoms with Crippen molar-refractivity contribution in [2.75, 3.05) is 26.2 Å². The zero-order chi connectivity index (χ0) is 12.5. The molecule has 0 aromatic heterocycles. The van der Waals surface area contributed by atoms with Crippen LogP contribution in [-0.2, 0) is 0 Å². The number of hydrogen-bond donors (Lipinski definition) is 2. The van der Waals surface area contributed by atoms with Gasteiger partial charge in [-0.1, -0.05) is 25.4 Å². The maximum atomic E-state index is 5.78. The predicted octanol–water partition coefficient (Wildman–Crippen LogP) is 2.31. The molecule has 0 saturated heterocycles. The maximum absolute atomic E-state index is 5.78. The van der Waals surface area contributed by atoms with E-state index in [9.17, 15) is 0 Å². The Kier molecular flexibility index (Phi) is 7.01. The molecule has 0 unspecified atom stereocenters. The molecule has 0 spiro atoms. The highest BCUT2D eigenvalue weighted by atomic mass is 35.5. The topological polar surface area (TPSA) is 33.3 Å². The molecule has 0 amide bonds. The summed E-state index contributed by atoms with van der Waals surface area (Å²) in [5.41, 5.74) is 0. The Morgan fingerprint density at radius 2 is 1.82 bits per heavy atom. The van der Waals surface area contributed by atoms with Gasteiger partial charge in [-0.3, -0.25) is 0 Å². The number of halogens is 1. The van der Waals surface area contributed by atoms with Crippen LogP contribution in [0.2, 0.25) is 5.02 Å². The van der Waals surface area contributed by atoms with E-state index in [-0.39, 0.29) is 0 Å². The van der Waals surface area contributed by atoms with E-state index in [0.717, 1.165) is 30.4 Å². The van der Waals surface area contributed by atoms with Gasteiger partial charge in [0.15, 0.2) is 0 Å². The van der Waals surface area contributed by atoms with E-state index in [1.54, 1.807) is 0 Å². The quantitative estimate of drug-likeness (QED) is 0.701. The molecule has 0 aliphatic heterocycles. The Morgan fingerprint density at radius 1 is 1.12 bits per heavy atom. The van der Waals surface area contributed by atoms with Crippen molar-refractivity contribution in [3.8, 4) is 5.75 Å². The molecule has 2 N–H and O–H groups in total. The van der Waals surface area contributed by atoms with Crippen molar-refractivity contribution in [2.24, 2.45) is 0 Å². The van der Waals surface area contributed by atoms with Gasteiger partial charge in [0, 0.05) is 30.7 Å². The minimum absolute atomic E-state index is 0.544. The van der Waals surface area contributed by atoms with Crippen molar-refractivity contribution in [3.63, 3.8) is 0 Å². The summed E-state index contributed by atoms with van der Waals surface area (Å²) in [6, 6.07) is 7.96. The second-order valence-corrected chi connectivity index (χ2v) is 4.60. The summed E-state index contributed by atoms with van der Waals surface area (Å²) in [5.74, 6) is 0.858. The fraction of sp³-hybridized carbons (Fsp3) is 0.538. The summed E-state index contributed by atoms with van der Waals surface area (Å²) in [4.78, 5) is 0. The molecule has 4 heteroatoms. The Balaban J connectivity index is 1.99. The van der Waals surface area contributed by atoms with E-state index in [0.29, 0.717) is 12.6 Å². The molecule has 0 heterocycles. The predicted molar refractivity (Wildman–Crippen MR) is 73.0 cm³/mol. The average Bonchev–Trinajstić information content (AvgIpc) is 2.30. The Labute approximate surface area is 109 Å². The first-order chi connectivity index (χ1) is 8.18. The molecule has 0 radical (unpaired) electrons. The first-order valence-corrected chi connectivity index (χ1v) is 6.39. The van der Waals surface area contributed by atoms with Crippen molar-refractivity contribution in [3.05, 3.63) is 29.3 Å². The first-order valence-electron chi connectivity index (χ1n) is 6.01. The smallest absolute Gasteiger partial charge is 0.119 e. The van der Waals surface area contributed by atoms with E-state index >= 15 is 0 Å². The summed E-state index contributed by atoms with van der Waals surface area (Å²) in [7, 11) is 0. The van der Waals surface area contributed by atoms with Crippen LogP contribution in [0.25, 0.3) is 0 Å². The summed E-state index contributed by atoms with van der Waals surface area (Å²) in [6.45, 7) is 7.75. The third kappa shape index (κ3) is 7.21. The summed E-state index contributed by atoms with van der Waals surface area (Å²) in [5, 5.41) is 7.38. The lowest BCUT2D eigenvalue weighted by atomic mass is 10.3. The summed E-state index contributed by atoms with van der Waals surface area (Å²) >= 11 is 5.78. The Hall–Kier alpha value is -0.770. The lowest BCUT2D eigenvalue weighted by Crippen LogP contribution is -2.33. The number of benzene rings is 1. The van der Waals surface area contributed by atoms with Crippen LogP contribution in [0.4, 0.5) is 0 Å². The largest absolute Gasteiger partial charge is 0.492 e. The van der Waals surface area contributed by atoms with Crippen molar-refractivity contribution < 1.29 is 4.74 Å². The van der Waals surface area contributed by atoms with Gasteiger partial charge in [0.2, 0.25) is 0 Å². The van der Waals surface area contributed by atoms with Gasteiger partial charge in [0.05, 0.1) is 0 Å². The zero-order valence-electron chi connectivity index (χ0n) is 10.5. The summed E-state index contributed by atoms with van der Waals surface area (Å²) < 4.78 is 5.55. The van der Waals surface area contributed by atoms with Gasteiger partial charge in [0.25, 0.3) is 0 Å². The number of rotatable bonds is 8. The van der Waals surface area contributed by atoms with Crippen LogP contribution >= 0.6 is 11.6 Å². The van der Waals surface area contributed by atoms with Crippen LogP contribution < -0.4 is 15.4 Å². The molecule has 1 rings (SSSR count). The van der Waals surface area contributed by atoms with Gasteiger partial charge in [-0.05, 0) is 24.3 Å². The molecule has 0 atom stereocenters. The number of ether oxygens (including phenoxy) is 1. The van der Waals surface area contributed by atoms with Gasteiger partial charge >= 0.3 is 0 Å². The molecule has 1 aromatic rings. The fourth-order valence-corrected chi connectivity index (χ4v) is 1.47. The van der Waals surface area contributed by atoms with E-state index in [1.165, 1.54) is 0 Å². The zero-order valence-corrected chi connectivity index (χ0v) is 11.3. The van der Waals surface area contributed by atoms with Crippen LogP contribution in [-0.4, -0.2) is 32.3 Å². The molecule has 17 heavy (non-hydrogen) atoms. The molecule has 3 nitrogen and oxygen atoms in total. The van der Waals surface area contributed by atoms with Crippen LogP contribution in [0.3, 0.4) is 0 Å². The molecule has 0 bridgehead atoms. The van der Waals surface area contributed by atoms with E-state index in [1.807, 2.05) is 24.3 Å². The van der Waals surface area contributed by atoms with Crippen LogP contribution in [0.5, 0.6) is 5.75 Å². The van der Waals surface area contributed by atoms with Crippen LogP contribution in [0.1, 0.15) is 13.8 Å². The van der Waals surface area contributed by atoms with Gasteiger partial charge in [-0.15, -0.1) is 0 Å². The molecule has 0 aliphatic rings. The number of hydrogen-bond acceptors (Lipinski definition) is 3. The Morgan fingerprint density at radius 3 is 2.47 bits per heavy atom. The third-order valence-corrected chi connectivity index (χ3v) is 2.47. The molecular formula is C13H21ClN2O. The minimum Gasteiger partial charge on any atom is -0.492 e. The maximum Gasteiger partial charge on any atom is 0.119 e. The molecular weight excluding hydrogens is 236 g/mol. The lowest BCUT2D eigenvalue weighted by molar-refractivity contribution is 0.314. The van der Waals surface area contributed by atoms with Crippen LogP contribution in [0.15, 0.2) is 24.3 Å². The summed E-state index contributed by atoms with van der Waals surface area (Å²) in [6.07, 6.45) is 0. The van der Waals surface area contributed by atoms with Crippen molar-refractivity contribution in [1.82, 2.24) is 10.6 Å². The highest BCUT2D eigenvalue weighted by Crippen LogP contribution is 2.14. The van der Waals surface area contributed by atoms with Crippen LogP contribution in [0, 0.1) is 0 Å². The molecule has 0 saturated carbocycles. The standard InChI is InChI=1S/C13H21ClN2O/c1-11(2)16-8-7-15-9-10-17-13-5-3-12(14)4-6-13/h3-6,11,15-16H,7-10H2,1-2H3. The lowest BCUT2D eigenvalue weighted by Gasteiger charge is -2.09. The molecule has 96 valence electrons. The van der Waals surface area contributed by atoms with E-state index < -0.39 is 0 Å². The minimum atomic E-state index is 0.544. The van der Waals surface area contributed by atoms with Crippen molar-refractivity contribution in [2.45, 2.75) is 19.9 Å². The van der Waals surface area contributed by atoms with Gasteiger partial charge in [-0.25, -0.2) is 0 Å². The average molecular weight is 257 g/mol. The molecule has 0 fully saturated rings.